The Bertz CT molecular complexity index is 2790. The number of hydrogen-bond acceptors (Lipinski definition) is 4. The smallest absolute Gasteiger partial charge is 0.179 e. The molecule has 10 rings (SSSR count). The van der Waals surface area contributed by atoms with Crippen LogP contribution in [0.1, 0.15) is 0 Å². The fourth-order valence-corrected chi connectivity index (χ4v) is 7.39. The van der Waals surface area contributed by atoms with Gasteiger partial charge in [-0.15, -0.1) is 0 Å². The Kier molecular flexibility index (Phi) is 6.46. The van der Waals surface area contributed by atoms with Crippen LogP contribution in [0.4, 0.5) is 0 Å². The van der Waals surface area contributed by atoms with Gasteiger partial charge in [-0.3, -0.25) is 9.97 Å². The van der Waals surface area contributed by atoms with E-state index in [-0.39, 0.29) is 0 Å². The van der Waals surface area contributed by atoms with Crippen LogP contribution in [0, 0.1) is 0 Å². The Balaban J connectivity index is 1.22. The second-order valence-electron chi connectivity index (χ2n) is 12.7. The zero-order valence-corrected chi connectivity index (χ0v) is 27.0. The summed E-state index contributed by atoms with van der Waals surface area (Å²) in [6.07, 6.45) is 3.74. The van der Waals surface area contributed by atoms with E-state index in [1.54, 1.807) is 0 Å². The standard InChI is InChI=1S/C46H28N4/c1-6-16-35-29(11-1)23-24-47-45(35)32-21-22-42(48-28-32)46-49-43(40-25-30-12-2-4-14-33(30)36-17-7-9-19-38(36)40)27-44(50-46)41-26-31-13-3-5-15-34(31)37-18-8-10-20-39(37)41/h1-28H. The Morgan fingerprint density at radius 2 is 0.840 bits per heavy atom. The number of nitrogens with zero attached hydrogens (tertiary/aromatic N) is 4. The van der Waals surface area contributed by atoms with Crippen LogP contribution >= 0.6 is 0 Å². The van der Waals surface area contributed by atoms with Gasteiger partial charge in [0.2, 0.25) is 0 Å². The molecule has 4 nitrogen and oxygen atoms in total. The van der Waals surface area contributed by atoms with Crippen LogP contribution in [-0.4, -0.2) is 19.9 Å². The average molecular weight is 637 g/mol. The van der Waals surface area contributed by atoms with Crippen LogP contribution in [0.2, 0.25) is 0 Å². The lowest BCUT2D eigenvalue weighted by molar-refractivity contribution is 1.15. The van der Waals surface area contributed by atoms with Gasteiger partial charge >= 0.3 is 0 Å². The molecule has 3 heterocycles. The number of fused-ring (bicyclic) bond motifs is 7. The molecule has 0 amide bonds. The molecule has 0 fully saturated rings. The van der Waals surface area contributed by atoms with E-state index in [2.05, 4.69) is 133 Å². The summed E-state index contributed by atoms with van der Waals surface area (Å²) in [6, 6.07) is 55.4. The number of rotatable bonds is 4. The van der Waals surface area contributed by atoms with Gasteiger partial charge in [0, 0.05) is 34.5 Å². The molecule has 0 aliphatic carbocycles. The van der Waals surface area contributed by atoms with E-state index in [1.807, 2.05) is 36.7 Å². The number of benzene rings is 7. The highest BCUT2D eigenvalue weighted by Gasteiger charge is 2.18. The molecule has 0 aliphatic heterocycles. The van der Waals surface area contributed by atoms with E-state index in [0.717, 1.165) is 55.3 Å². The minimum Gasteiger partial charge on any atom is -0.256 e. The van der Waals surface area contributed by atoms with E-state index >= 15 is 0 Å². The van der Waals surface area contributed by atoms with E-state index < -0.39 is 0 Å². The normalized spacial score (nSPS) is 11.6. The molecule has 232 valence electrons. The molecule has 0 radical (unpaired) electrons. The summed E-state index contributed by atoms with van der Waals surface area (Å²) in [7, 11) is 0. The van der Waals surface area contributed by atoms with Crippen LogP contribution in [0.25, 0.3) is 99.2 Å². The molecular formula is C46H28N4. The van der Waals surface area contributed by atoms with Crippen LogP contribution < -0.4 is 0 Å². The van der Waals surface area contributed by atoms with Crippen LogP contribution in [0.15, 0.2) is 170 Å². The van der Waals surface area contributed by atoms with Crippen molar-refractivity contribution in [2.75, 3.05) is 0 Å². The van der Waals surface area contributed by atoms with Gasteiger partial charge in [0.15, 0.2) is 5.82 Å². The third-order valence-electron chi connectivity index (χ3n) is 9.75. The average Bonchev–Trinajstić information content (AvgIpc) is 3.20. The highest BCUT2D eigenvalue weighted by Crippen LogP contribution is 2.39. The van der Waals surface area contributed by atoms with Crippen LogP contribution in [-0.2, 0) is 0 Å². The maximum Gasteiger partial charge on any atom is 0.179 e. The summed E-state index contributed by atoms with van der Waals surface area (Å²) in [5.41, 5.74) is 6.38. The monoisotopic (exact) mass is 636 g/mol. The van der Waals surface area contributed by atoms with Crippen molar-refractivity contribution in [3.63, 3.8) is 0 Å². The Labute approximate surface area is 288 Å². The molecule has 0 saturated heterocycles. The highest BCUT2D eigenvalue weighted by molar-refractivity contribution is 6.15. The Hall–Kier alpha value is -6.78. The van der Waals surface area contributed by atoms with Gasteiger partial charge in [0.05, 0.1) is 17.1 Å². The molecule has 0 spiro atoms. The zero-order chi connectivity index (χ0) is 33.0. The van der Waals surface area contributed by atoms with Gasteiger partial charge in [-0.2, -0.15) is 0 Å². The van der Waals surface area contributed by atoms with Gasteiger partial charge in [-0.1, -0.05) is 121 Å². The van der Waals surface area contributed by atoms with Crippen molar-refractivity contribution in [3.05, 3.63) is 170 Å². The lowest BCUT2D eigenvalue weighted by Gasteiger charge is -2.15. The molecule has 3 aromatic heterocycles. The summed E-state index contributed by atoms with van der Waals surface area (Å²) in [4.78, 5) is 20.2. The molecule has 0 atom stereocenters. The van der Waals surface area contributed by atoms with Gasteiger partial charge in [-0.05, 0) is 84.9 Å². The van der Waals surface area contributed by atoms with Crippen molar-refractivity contribution >= 4 is 53.9 Å². The first kappa shape index (κ1) is 28.3. The third-order valence-corrected chi connectivity index (χ3v) is 9.75. The van der Waals surface area contributed by atoms with Crippen LogP contribution in [0.5, 0.6) is 0 Å². The van der Waals surface area contributed by atoms with E-state index in [1.165, 1.54) is 32.3 Å². The molecule has 0 N–H and O–H groups in total. The quantitative estimate of drug-likeness (QED) is 0.180. The summed E-state index contributed by atoms with van der Waals surface area (Å²) in [5.74, 6) is 0.574. The minimum absolute atomic E-state index is 0.574. The van der Waals surface area contributed by atoms with Crippen molar-refractivity contribution in [3.8, 4) is 45.3 Å². The highest BCUT2D eigenvalue weighted by atomic mass is 14.9. The minimum atomic E-state index is 0.574. The number of pyridine rings is 2. The summed E-state index contributed by atoms with van der Waals surface area (Å²) < 4.78 is 0. The SMILES string of the molecule is c1ccc2c(-c3ccc(-c4nc(-c5cc6ccccc6c6ccccc56)cc(-c5cc6ccccc6c6ccccc56)n4)nc3)nccc2c1. The Morgan fingerprint density at radius 3 is 1.40 bits per heavy atom. The van der Waals surface area contributed by atoms with Crippen molar-refractivity contribution in [1.29, 1.82) is 0 Å². The van der Waals surface area contributed by atoms with Gasteiger partial charge in [0.1, 0.15) is 5.69 Å². The Morgan fingerprint density at radius 1 is 0.340 bits per heavy atom. The third kappa shape index (κ3) is 4.61. The predicted octanol–water partition coefficient (Wildman–Crippen LogP) is 11.7. The van der Waals surface area contributed by atoms with Crippen LogP contribution in [0.3, 0.4) is 0 Å². The molecule has 0 bridgehead atoms. The summed E-state index contributed by atoms with van der Waals surface area (Å²) in [6.45, 7) is 0. The largest absolute Gasteiger partial charge is 0.256 e. The molecule has 7 aromatic carbocycles. The zero-order valence-electron chi connectivity index (χ0n) is 27.0. The van der Waals surface area contributed by atoms with Gasteiger partial charge in [0.25, 0.3) is 0 Å². The fourth-order valence-electron chi connectivity index (χ4n) is 7.39. The van der Waals surface area contributed by atoms with Crippen molar-refractivity contribution in [2.24, 2.45) is 0 Å². The molecule has 0 aliphatic rings. The first-order valence-corrected chi connectivity index (χ1v) is 16.8. The molecule has 4 heteroatoms. The van der Waals surface area contributed by atoms with Crippen molar-refractivity contribution in [2.45, 2.75) is 0 Å². The lowest BCUT2D eigenvalue weighted by Crippen LogP contribution is -1.99. The molecule has 10 aromatic rings. The predicted molar refractivity (Wildman–Crippen MR) is 207 cm³/mol. The second kappa shape index (κ2) is 11.4. The summed E-state index contributed by atoms with van der Waals surface area (Å²) >= 11 is 0. The van der Waals surface area contributed by atoms with E-state index in [4.69, 9.17) is 19.9 Å². The van der Waals surface area contributed by atoms with E-state index in [9.17, 15) is 0 Å². The maximum atomic E-state index is 5.26. The maximum absolute atomic E-state index is 5.26. The second-order valence-corrected chi connectivity index (χ2v) is 12.7. The van der Waals surface area contributed by atoms with Gasteiger partial charge < -0.3 is 0 Å². The number of aromatic nitrogens is 4. The molecular weight excluding hydrogens is 609 g/mol. The summed E-state index contributed by atoms with van der Waals surface area (Å²) in [5, 5.41) is 11.7. The molecule has 0 saturated carbocycles. The first-order chi connectivity index (χ1) is 24.8. The fraction of sp³-hybridized carbons (Fsp3) is 0. The molecule has 0 unspecified atom stereocenters. The van der Waals surface area contributed by atoms with Gasteiger partial charge in [-0.25, -0.2) is 9.97 Å². The van der Waals surface area contributed by atoms with Crippen molar-refractivity contribution < 1.29 is 0 Å². The van der Waals surface area contributed by atoms with E-state index in [0.29, 0.717) is 11.5 Å². The number of hydrogen-bond donors (Lipinski definition) is 0. The molecule has 50 heavy (non-hydrogen) atoms. The first-order valence-electron chi connectivity index (χ1n) is 16.8. The topological polar surface area (TPSA) is 51.6 Å². The lowest BCUT2D eigenvalue weighted by atomic mass is 9.93. The van der Waals surface area contributed by atoms with Crippen molar-refractivity contribution in [1.82, 2.24) is 19.9 Å².